The molecule has 0 atom stereocenters. The second kappa shape index (κ2) is 5.58. The molecule has 1 N–H and O–H groups in total. The van der Waals surface area contributed by atoms with Gasteiger partial charge in [-0.1, -0.05) is 11.6 Å². The van der Waals surface area contributed by atoms with Gasteiger partial charge in [-0.15, -0.1) is 0 Å². The van der Waals surface area contributed by atoms with Crippen LogP contribution in [0.2, 0.25) is 5.02 Å². The molecule has 0 unspecified atom stereocenters. The van der Waals surface area contributed by atoms with Gasteiger partial charge in [-0.05, 0) is 12.1 Å². The lowest BCUT2D eigenvalue weighted by Gasteiger charge is -2.27. The van der Waals surface area contributed by atoms with Gasteiger partial charge in [-0.2, -0.15) is 10.2 Å². The van der Waals surface area contributed by atoms with E-state index in [2.05, 4.69) is 25.1 Å². The molecule has 3 heterocycles. The molecule has 0 radical (unpaired) electrons. The van der Waals surface area contributed by atoms with Crippen molar-refractivity contribution in [1.82, 2.24) is 34.5 Å². The van der Waals surface area contributed by atoms with E-state index in [1.54, 1.807) is 12.1 Å². The van der Waals surface area contributed by atoms with Crippen molar-refractivity contribution >= 4 is 11.6 Å². The largest absolute Gasteiger partial charge is 0.380 e. The number of aliphatic hydroxyl groups is 1. The lowest BCUT2D eigenvalue weighted by molar-refractivity contribution is -0.00938. The molecule has 3 aromatic rings. The maximum absolute atomic E-state index is 11.0. The topological polar surface area (TPSA) is 94.5 Å². The van der Waals surface area contributed by atoms with Crippen LogP contribution in [0, 0.1) is 0 Å². The average molecular weight is 306 g/mol. The van der Waals surface area contributed by atoms with Gasteiger partial charge in [-0.25, -0.2) is 19.3 Å². The summed E-state index contributed by atoms with van der Waals surface area (Å²) in [6.07, 6.45) is 7.37. The summed E-state index contributed by atoms with van der Waals surface area (Å²) in [5.41, 5.74) is -0.843. The Morgan fingerprint density at radius 3 is 2.10 bits per heavy atom. The normalized spacial score (nSPS) is 11.7. The van der Waals surface area contributed by atoms with Crippen molar-refractivity contribution in [3.63, 3.8) is 0 Å². The van der Waals surface area contributed by atoms with Gasteiger partial charge < -0.3 is 5.11 Å². The lowest BCUT2D eigenvalue weighted by atomic mass is 9.99. The maximum Gasteiger partial charge on any atom is 0.145 e. The van der Waals surface area contributed by atoms with E-state index in [4.69, 9.17) is 11.6 Å². The highest BCUT2D eigenvalue weighted by Gasteiger charge is 2.33. The zero-order valence-electron chi connectivity index (χ0n) is 10.9. The van der Waals surface area contributed by atoms with E-state index in [1.165, 1.54) is 40.9 Å². The summed E-state index contributed by atoms with van der Waals surface area (Å²) in [7, 11) is 0. The Morgan fingerprint density at radius 1 is 1.05 bits per heavy atom. The Balaban J connectivity index is 1.94. The summed E-state index contributed by atoms with van der Waals surface area (Å²) < 4.78 is 3.07. The highest BCUT2D eigenvalue weighted by Crippen LogP contribution is 2.24. The number of aromatic nitrogens is 7. The van der Waals surface area contributed by atoms with Crippen LogP contribution in [0.5, 0.6) is 0 Å². The first-order valence-corrected chi connectivity index (χ1v) is 6.53. The third-order valence-corrected chi connectivity index (χ3v) is 3.21. The highest BCUT2D eigenvalue weighted by molar-refractivity contribution is 6.30. The molecular formula is C12H12ClN7O. The van der Waals surface area contributed by atoms with Crippen LogP contribution in [0.1, 0.15) is 5.69 Å². The van der Waals surface area contributed by atoms with Crippen molar-refractivity contribution in [3.8, 4) is 0 Å². The van der Waals surface area contributed by atoms with Crippen LogP contribution in [0.15, 0.2) is 43.6 Å². The average Bonchev–Trinajstić information content (AvgIpc) is 3.13. The summed E-state index contributed by atoms with van der Waals surface area (Å²) in [5.74, 6) is 0. The number of hydrogen-bond acceptors (Lipinski definition) is 6. The number of halogens is 1. The second-order valence-electron chi connectivity index (χ2n) is 4.58. The van der Waals surface area contributed by atoms with E-state index in [0.29, 0.717) is 10.7 Å². The summed E-state index contributed by atoms with van der Waals surface area (Å²) in [6.45, 7) is 0.364. The van der Waals surface area contributed by atoms with Crippen molar-refractivity contribution < 1.29 is 5.11 Å². The van der Waals surface area contributed by atoms with Gasteiger partial charge in [-0.3, -0.25) is 4.98 Å². The number of nitrogens with zero attached hydrogens (tertiary/aromatic N) is 7. The smallest absolute Gasteiger partial charge is 0.145 e. The Labute approximate surface area is 125 Å². The standard InChI is InChI=1S/C12H12ClN7O/c13-10-1-2-11(16-3-10)12(21,4-19-8-14-6-17-19)5-20-9-15-7-18-20/h1-3,6-9,21H,4-5H2. The molecule has 21 heavy (non-hydrogen) atoms. The van der Waals surface area contributed by atoms with E-state index < -0.39 is 5.60 Å². The quantitative estimate of drug-likeness (QED) is 0.738. The number of pyridine rings is 1. The van der Waals surface area contributed by atoms with Crippen LogP contribution in [-0.4, -0.2) is 39.6 Å². The zero-order chi connectivity index (χ0) is 14.7. The molecule has 0 fully saturated rings. The Hall–Kier alpha value is -2.32. The maximum atomic E-state index is 11.0. The van der Waals surface area contributed by atoms with Gasteiger partial charge in [0.25, 0.3) is 0 Å². The van der Waals surface area contributed by atoms with Crippen LogP contribution >= 0.6 is 11.6 Å². The van der Waals surface area contributed by atoms with Crippen LogP contribution in [0.25, 0.3) is 0 Å². The van der Waals surface area contributed by atoms with Gasteiger partial charge >= 0.3 is 0 Å². The van der Waals surface area contributed by atoms with E-state index in [-0.39, 0.29) is 13.1 Å². The first-order chi connectivity index (χ1) is 10.2. The molecule has 3 aromatic heterocycles. The lowest BCUT2D eigenvalue weighted by Crippen LogP contribution is -2.37. The van der Waals surface area contributed by atoms with Crippen LogP contribution in [0.4, 0.5) is 0 Å². The van der Waals surface area contributed by atoms with Gasteiger partial charge in [0, 0.05) is 6.20 Å². The monoisotopic (exact) mass is 305 g/mol. The molecule has 9 heteroatoms. The van der Waals surface area contributed by atoms with E-state index >= 15 is 0 Å². The van der Waals surface area contributed by atoms with Crippen molar-refractivity contribution in [1.29, 1.82) is 0 Å². The van der Waals surface area contributed by atoms with Crippen molar-refractivity contribution in [2.45, 2.75) is 18.7 Å². The molecular weight excluding hydrogens is 294 g/mol. The number of rotatable bonds is 5. The molecule has 0 saturated heterocycles. The summed E-state index contributed by atoms with van der Waals surface area (Å²) >= 11 is 5.85. The molecule has 0 aliphatic carbocycles. The van der Waals surface area contributed by atoms with Gasteiger partial charge in [0.2, 0.25) is 0 Å². The fraction of sp³-hybridized carbons (Fsp3) is 0.250. The van der Waals surface area contributed by atoms with Gasteiger partial charge in [0.1, 0.15) is 30.9 Å². The van der Waals surface area contributed by atoms with Crippen LogP contribution < -0.4 is 0 Å². The third kappa shape index (κ3) is 3.06. The molecule has 0 amide bonds. The van der Waals surface area contributed by atoms with Crippen molar-refractivity contribution in [3.05, 3.63) is 54.4 Å². The van der Waals surface area contributed by atoms with E-state index in [9.17, 15) is 5.11 Å². The summed E-state index contributed by atoms with van der Waals surface area (Å²) in [5, 5.41) is 19.6. The SMILES string of the molecule is OC(Cn1cncn1)(Cn1cncn1)c1ccc(Cl)cn1. The Bertz CT molecular complexity index is 645. The molecule has 0 aromatic carbocycles. The third-order valence-electron chi connectivity index (χ3n) is 2.98. The zero-order valence-corrected chi connectivity index (χ0v) is 11.7. The summed E-state index contributed by atoms with van der Waals surface area (Å²) in [4.78, 5) is 12.0. The number of hydrogen-bond donors (Lipinski definition) is 1. The fourth-order valence-electron chi connectivity index (χ4n) is 2.03. The first-order valence-electron chi connectivity index (χ1n) is 6.15. The molecule has 108 valence electrons. The minimum atomic E-state index is -1.31. The van der Waals surface area contributed by atoms with E-state index in [1.807, 2.05) is 0 Å². The molecule has 0 aliphatic heterocycles. The Kier molecular flexibility index (Phi) is 3.63. The molecule has 0 bridgehead atoms. The molecule has 0 aliphatic rings. The minimum Gasteiger partial charge on any atom is -0.380 e. The second-order valence-corrected chi connectivity index (χ2v) is 5.02. The Morgan fingerprint density at radius 2 is 1.67 bits per heavy atom. The minimum absolute atomic E-state index is 0.182. The van der Waals surface area contributed by atoms with Crippen LogP contribution in [-0.2, 0) is 18.7 Å². The van der Waals surface area contributed by atoms with Crippen LogP contribution in [0.3, 0.4) is 0 Å². The summed E-state index contributed by atoms with van der Waals surface area (Å²) in [6, 6.07) is 3.35. The first kappa shape index (κ1) is 13.7. The predicted molar refractivity (Wildman–Crippen MR) is 73.2 cm³/mol. The van der Waals surface area contributed by atoms with E-state index in [0.717, 1.165) is 0 Å². The van der Waals surface area contributed by atoms with Crippen molar-refractivity contribution in [2.75, 3.05) is 0 Å². The molecule has 0 saturated carbocycles. The highest BCUT2D eigenvalue weighted by atomic mass is 35.5. The molecule has 0 spiro atoms. The van der Waals surface area contributed by atoms with Gasteiger partial charge in [0.05, 0.1) is 23.8 Å². The molecule has 8 nitrogen and oxygen atoms in total. The van der Waals surface area contributed by atoms with Crippen molar-refractivity contribution in [2.24, 2.45) is 0 Å². The molecule has 3 rings (SSSR count). The fourth-order valence-corrected chi connectivity index (χ4v) is 2.14. The predicted octanol–water partition coefficient (Wildman–Crippen LogP) is 0.506. The van der Waals surface area contributed by atoms with Gasteiger partial charge in [0.15, 0.2) is 0 Å².